The summed E-state index contributed by atoms with van der Waals surface area (Å²) in [6, 6.07) is 0. The lowest BCUT2D eigenvalue weighted by molar-refractivity contribution is -0.141. The van der Waals surface area contributed by atoms with Crippen LogP contribution in [0.3, 0.4) is 0 Å². The van der Waals surface area contributed by atoms with Crippen molar-refractivity contribution in [2.75, 3.05) is 39.3 Å². The van der Waals surface area contributed by atoms with Crippen molar-refractivity contribution in [3.63, 3.8) is 0 Å². The molecule has 0 bridgehead atoms. The summed E-state index contributed by atoms with van der Waals surface area (Å²) in [6.45, 7) is 5.45. The molecule has 5 heteroatoms. The Morgan fingerprint density at radius 1 is 1.05 bits per heavy atom. The molecular formula is C14H23N3O2. The van der Waals surface area contributed by atoms with Crippen molar-refractivity contribution in [2.45, 2.75) is 32.1 Å². The van der Waals surface area contributed by atoms with E-state index in [4.69, 9.17) is 0 Å². The summed E-state index contributed by atoms with van der Waals surface area (Å²) in [5.41, 5.74) is -0.305. The van der Waals surface area contributed by atoms with Gasteiger partial charge in [0.1, 0.15) is 0 Å². The molecule has 3 aliphatic rings. The van der Waals surface area contributed by atoms with E-state index in [1.807, 2.05) is 0 Å². The van der Waals surface area contributed by atoms with Gasteiger partial charge >= 0.3 is 0 Å². The number of carbonyl (C=O) groups excluding carboxylic acids is 2. The first kappa shape index (κ1) is 13.1. The van der Waals surface area contributed by atoms with Crippen molar-refractivity contribution in [3.8, 4) is 0 Å². The van der Waals surface area contributed by atoms with Gasteiger partial charge in [0.15, 0.2) is 0 Å². The molecule has 0 aromatic heterocycles. The summed E-state index contributed by atoms with van der Waals surface area (Å²) in [5.74, 6) is 0.173. The molecule has 3 fully saturated rings. The molecule has 1 spiro atoms. The minimum Gasteiger partial charge on any atom is -0.314 e. The van der Waals surface area contributed by atoms with E-state index in [-0.39, 0.29) is 17.2 Å². The molecular weight excluding hydrogens is 242 g/mol. The van der Waals surface area contributed by atoms with Crippen LogP contribution in [0.4, 0.5) is 0 Å². The van der Waals surface area contributed by atoms with Gasteiger partial charge < -0.3 is 5.32 Å². The number of nitrogens with zero attached hydrogens (tertiary/aromatic N) is 2. The smallest absolute Gasteiger partial charge is 0.235 e. The normalized spacial score (nSPS) is 27.7. The fourth-order valence-electron chi connectivity index (χ4n) is 3.70. The highest BCUT2D eigenvalue weighted by atomic mass is 16.2. The van der Waals surface area contributed by atoms with E-state index >= 15 is 0 Å². The van der Waals surface area contributed by atoms with Crippen LogP contribution in [-0.2, 0) is 9.59 Å². The molecule has 1 saturated carbocycles. The van der Waals surface area contributed by atoms with Gasteiger partial charge in [-0.3, -0.25) is 19.4 Å². The van der Waals surface area contributed by atoms with Gasteiger partial charge in [-0.1, -0.05) is 12.8 Å². The Morgan fingerprint density at radius 3 is 2.42 bits per heavy atom. The highest BCUT2D eigenvalue weighted by Gasteiger charge is 2.52. The minimum atomic E-state index is -0.305. The maximum absolute atomic E-state index is 12.5. The number of rotatable bonds is 3. The summed E-state index contributed by atoms with van der Waals surface area (Å²) in [5, 5.41) is 3.31. The number of nitrogens with one attached hydrogen (secondary N) is 1. The predicted octanol–water partition coefficient (Wildman–Crippen LogP) is 0.211. The van der Waals surface area contributed by atoms with E-state index in [2.05, 4.69) is 10.2 Å². The summed E-state index contributed by atoms with van der Waals surface area (Å²) < 4.78 is 0. The Kier molecular flexibility index (Phi) is 3.58. The fraction of sp³-hybridized carbons (Fsp3) is 0.857. The van der Waals surface area contributed by atoms with Gasteiger partial charge in [0.2, 0.25) is 11.8 Å². The zero-order valence-corrected chi connectivity index (χ0v) is 11.5. The number of likely N-dealkylation sites (tertiary alicyclic amines) is 1. The summed E-state index contributed by atoms with van der Waals surface area (Å²) in [4.78, 5) is 28.4. The third-order valence-electron chi connectivity index (χ3n) is 4.90. The molecule has 0 radical (unpaired) electrons. The van der Waals surface area contributed by atoms with Crippen molar-refractivity contribution in [2.24, 2.45) is 5.41 Å². The maximum Gasteiger partial charge on any atom is 0.235 e. The highest BCUT2D eigenvalue weighted by molar-refractivity contribution is 6.06. The number of amides is 2. The van der Waals surface area contributed by atoms with Gasteiger partial charge in [0.05, 0.1) is 5.41 Å². The largest absolute Gasteiger partial charge is 0.314 e. The standard InChI is InChI=1S/C14H23N3O2/c18-12-11-14(3-1-2-4-14)13(19)17(12)10-9-16-7-5-15-6-8-16/h15H,1-11H2. The lowest BCUT2D eigenvalue weighted by Crippen LogP contribution is -2.47. The van der Waals surface area contributed by atoms with Crippen molar-refractivity contribution in [1.29, 1.82) is 0 Å². The third kappa shape index (κ3) is 2.41. The van der Waals surface area contributed by atoms with Crippen LogP contribution in [0.1, 0.15) is 32.1 Å². The van der Waals surface area contributed by atoms with E-state index in [1.54, 1.807) is 0 Å². The molecule has 0 aromatic rings. The van der Waals surface area contributed by atoms with Crippen molar-refractivity contribution >= 4 is 11.8 Å². The van der Waals surface area contributed by atoms with E-state index in [1.165, 1.54) is 4.90 Å². The first-order valence-corrected chi connectivity index (χ1v) is 7.49. The third-order valence-corrected chi connectivity index (χ3v) is 4.90. The first-order chi connectivity index (χ1) is 9.21. The summed E-state index contributed by atoms with van der Waals surface area (Å²) in [7, 11) is 0. The molecule has 2 amide bonds. The average Bonchev–Trinajstić information content (AvgIpc) is 2.97. The van der Waals surface area contributed by atoms with E-state index in [9.17, 15) is 9.59 Å². The van der Waals surface area contributed by atoms with Crippen molar-refractivity contribution < 1.29 is 9.59 Å². The molecule has 2 heterocycles. The Hall–Kier alpha value is -0.940. The predicted molar refractivity (Wildman–Crippen MR) is 71.5 cm³/mol. The van der Waals surface area contributed by atoms with Gasteiger partial charge in [0, 0.05) is 45.7 Å². The zero-order valence-electron chi connectivity index (χ0n) is 11.5. The molecule has 0 atom stereocenters. The Morgan fingerprint density at radius 2 is 1.74 bits per heavy atom. The molecule has 0 aromatic carbocycles. The Balaban J connectivity index is 1.58. The second-order valence-electron chi connectivity index (χ2n) is 6.11. The van der Waals surface area contributed by atoms with Crippen LogP contribution in [0.5, 0.6) is 0 Å². The van der Waals surface area contributed by atoms with E-state index < -0.39 is 0 Å². The number of carbonyl (C=O) groups is 2. The van der Waals surface area contributed by atoms with E-state index in [0.29, 0.717) is 13.0 Å². The average molecular weight is 265 g/mol. The Bertz CT molecular complexity index is 371. The van der Waals surface area contributed by atoms with Crippen molar-refractivity contribution in [1.82, 2.24) is 15.1 Å². The van der Waals surface area contributed by atoms with Gasteiger partial charge in [-0.05, 0) is 12.8 Å². The molecule has 3 rings (SSSR count). The van der Waals surface area contributed by atoms with Crippen LogP contribution < -0.4 is 5.32 Å². The lowest BCUT2D eigenvalue weighted by Gasteiger charge is -2.29. The molecule has 5 nitrogen and oxygen atoms in total. The lowest BCUT2D eigenvalue weighted by atomic mass is 9.84. The molecule has 106 valence electrons. The molecule has 1 aliphatic carbocycles. The monoisotopic (exact) mass is 265 g/mol. The number of piperazine rings is 1. The summed E-state index contributed by atoms with van der Waals surface area (Å²) >= 11 is 0. The van der Waals surface area contributed by atoms with Crippen molar-refractivity contribution in [3.05, 3.63) is 0 Å². The van der Waals surface area contributed by atoms with Gasteiger partial charge in [-0.15, -0.1) is 0 Å². The van der Waals surface area contributed by atoms with Crippen LogP contribution in [0.2, 0.25) is 0 Å². The molecule has 2 saturated heterocycles. The number of imide groups is 1. The molecule has 0 unspecified atom stereocenters. The Labute approximate surface area is 114 Å². The quantitative estimate of drug-likeness (QED) is 0.741. The van der Waals surface area contributed by atoms with Crippen LogP contribution in [0.25, 0.3) is 0 Å². The second kappa shape index (κ2) is 5.21. The van der Waals surface area contributed by atoms with Crippen LogP contribution >= 0.6 is 0 Å². The van der Waals surface area contributed by atoms with E-state index in [0.717, 1.165) is 58.4 Å². The molecule has 19 heavy (non-hydrogen) atoms. The van der Waals surface area contributed by atoms with Gasteiger partial charge in [0.25, 0.3) is 0 Å². The molecule has 2 aliphatic heterocycles. The van der Waals surface area contributed by atoms with Gasteiger partial charge in [-0.25, -0.2) is 0 Å². The number of hydrogen-bond acceptors (Lipinski definition) is 4. The van der Waals surface area contributed by atoms with Crippen LogP contribution in [0, 0.1) is 5.41 Å². The van der Waals surface area contributed by atoms with Crippen LogP contribution in [0.15, 0.2) is 0 Å². The maximum atomic E-state index is 12.5. The van der Waals surface area contributed by atoms with Gasteiger partial charge in [-0.2, -0.15) is 0 Å². The topological polar surface area (TPSA) is 52.7 Å². The van der Waals surface area contributed by atoms with Crippen LogP contribution in [-0.4, -0.2) is 60.9 Å². The molecule has 1 N–H and O–H groups in total. The highest BCUT2D eigenvalue weighted by Crippen LogP contribution is 2.46. The summed E-state index contributed by atoms with van der Waals surface area (Å²) in [6.07, 6.45) is 4.51. The second-order valence-corrected chi connectivity index (χ2v) is 6.11. The minimum absolute atomic E-state index is 0.0574. The number of hydrogen-bond donors (Lipinski definition) is 1. The SMILES string of the molecule is O=C1CC2(CCCC2)C(=O)N1CCN1CCNCC1. The zero-order chi connectivity index (χ0) is 13.3. The fourth-order valence-corrected chi connectivity index (χ4v) is 3.70. The first-order valence-electron chi connectivity index (χ1n) is 7.49.